The van der Waals surface area contributed by atoms with Crippen LogP contribution in [-0.4, -0.2) is 32.5 Å². The van der Waals surface area contributed by atoms with Gasteiger partial charge in [-0.15, -0.1) is 0 Å². The van der Waals surface area contributed by atoms with E-state index < -0.39 is 11.6 Å². The van der Waals surface area contributed by atoms with Crippen LogP contribution in [0.15, 0.2) is 77.6 Å². The molecule has 1 aromatic heterocycles. The first-order valence-corrected chi connectivity index (χ1v) is 14.8. The molecule has 0 spiro atoms. The van der Waals surface area contributed by atoms with Crippen LogP contribution in [0.25, 0.3) is 0 Å². The fourth-order valence-electron chi connectivity index (χ4n) is 5.00. The van der Waals surface area contributed by atoms with Crippen molar-refractivity contribution in [3.63, 3.8) is 0 Å². The largest absolute Gasteiger partial charge is 0.476 e. The third-order valence-electron chi connectivity index (χ3n) is 7.58. The van der Waals surface area contributed by atoms with E-state index in [0.29, 0.717) is 18.7 Å². The van der Waals surface area contributed by atoms with E-state index in [1.165, 1.54) is 22.4 Å². The second-order valence-electron chi connectivity index (χ2n) is 12.2. The molecule has 0 amide bonds. The van der Waals surface area contributed by atoms with Crippen LogP contribution in [-0.2, 0) is 47.8 Å². The molecule has 3 aromatic carbocycles. The average Bonchev–Trinajstić information content (AvgIpc) is 3.23. The summed E-state index contributed by atoms with van der Waals surface area (Å²) in [5, 5.41) is 4.61. The molecular formula is C35H42FN3O4. The molecule has 0 aliphatic rings. The predicted octanol–water partition coefficient (Wildman–Crippen LogP) is 6.19. The van der Waals surface area contributed by atoms with Gasteiger partial charge in [-0.05, 0) is 78.6 Å². The van der Waals surface area contributed by atoms with Crippen LogP contribution in [0.3, 0.4) is 0 Å². The Morgan fingerprint density at radius 2 is 1.47 bits per heavy atom. The van der Waals surface area contributed by atoms with E-state index in [1.807, 2.05) is 24.3 Å². The SMILES string of the molecule is CCOC(=O)C(C)(Cc1ccc(F)cc1)Oc1ccc(CCCc2nn(Cc3ccc(C(C)(C)C)cc3)c(=O)n2C)cc1. The van der Waals surface area contributed by atoms with Crippen molar-refractivity contribution >= 4 is 5.97 Å². The van der Waals surface area contributed by atoms with Crippen molar-refractivity contribution in [1.29, 1.82) is 0 Å². The Bertz CT molecular complexity index is 1570. The molecule has 7 nitrogen and oxygen atoms in total. The summed E-state index contributed by atoms with van der Waals surface area (Å²) in [5.74, 6) is 0.478. The number of halogens is 1. The zero-order chi connectivity index (χ0) is 31.2. The highest BCUT2D eigenvalue weighted by Gasteiger charge is 2.37. The number of carbonyl (C=O) groups excluding carboxylic acids is 1. The van der Waals surface area contributed by atoms with Crippen LogP contribution in [0.1, 0.15) is 69.1 Å². The topological polar surface area (TPSA) is 75.3 Å². The number of ether oxygens (including phenoxy) is 2. The molecule has 0 N–H and O–H groups in total. The maximum atomic E-state index is 13.4. The lowest BCUT2D eigenvalue weighted by Gasteiger charge is -2.28. The normalized spacial score (nSPS) is 13.0. The van der Waals surface area contributed by atoms with Crippen molar-refractivity contribution in [3.8, 4) is 5.75 Å². The van der Waals surface area contributed by atoms with E-state index in [4.69, 9.17) is 9.47 Å². The lowest BCUT2D eigenvalue weighted by molar-refractivity contribution is -0.160. The molecule has 1 atom stereocenters. The summed E-state index contributed by atoms with van der Waals surface area (Å²) < 4.78 is 28.0. The van der Waals surface area contributed by atoms with Crippen molar-refractivity contribution in [3.05, 3.63) is 117 Å². The molecule has 4 rings (SSSR count). The summed E-state index contributed by atoms with van der Waals surface area (Å²) in [6.45, 7) is 10.6. The Balaban J connectivity index is 1.36. The minimum Gasteiger partial charge on any atom is -0.476 e. The summed E-state index contributed by atoms with van der Waals surface area (Å²) in [4.78, 5) is 25.7. The van der Waals surface area contributed by atoms with Gasteiger partial charge in [0.15, 0.2) is 0 Å². The molecule has 8 heteroatoms. The zero-order valence-electron chi connectivity index (χ0n) is 26.0. The molecule has 4 aromatic rings. The number of rotatable bonds is 12. The molecule has 0 saturated heterocycles. The number of hydrogen-bond donors (Lipinski definition) is 0. The van der Waals surface area contributed by atoms with Gasteiger partial charge < -0.3 is 9.47 Å². The number of nitrogens with zero attached hydrogens (tertiary/aromatic N) is 3. The minimum atomic E-state index is -1.27. The van der Waals surface area contributed by atoms with E-state index in [2.05, 4.69) is 50.1 Å². The number of hydrogen-bond acceptors (Lipinski definition) is 5. The molecule has 0 bridgehead atoms. The second kappa shape index (κ2) is 13.4. The van der Waals surface area contributed by atoms with E-state index in [1.54, 1.807) is 37.6 Å². The van der Waals surface area contributed by atoms with Gasteiger partial charge >= 0.3 is 11.7 Å². The molecule has 1 unspecified atom stereocenters. The molecule has 0 radical (unpaired) electrons. The maximum Gasteiger partial charge on any atom is 0.350 e. The van der Waals surface area contributed by atoms with Gasteiger partial charge in [0.25, 0.3) is 0 Å². The third kappa shape index (κ3) is 8.21. The lowest BCUT2D eigenvalue weighted by atomic mass is 9.87. The average molecular weight is 588 g/mol. The van der Waals surface area contributed by atoms with Crippen LogP contribution >= 0.6 is 0 Å². The Hall–Kier alpha value is -4.20. The summed E-state index contributed by atoms with van der Waals surface area (Å²) >= 11 is 0. The summed E-state index contributed by atoms with van der Waals surface area (Å²) in [6.07, 6.45) is 2.51. The van der Waals surface area contributed by atoms with Crippen molar-refractivity contribution < 1.29 is 18.7 Å². The maximum absolute atomic E-state index is 13.4. The van der Waals surface area contributed by atoms with Crippen LogP contribution in [0.2, 0.25) is 0 Å². The number of carbonyl (C=O) groups is 1. The number of aromatic nitrogens is 3. The Kier molecular flexibility index (Phi) is 9.89. The number of aryl methyl sites for hydroxylation is 2. The van der Waals surface area contributed by atoms with Gasteiger partial charge in [-0.2, -0.15) is 5.10 Å². The minimum absolute atomic E-state index is 0.0787. The van der Waals surface area contributed by atoms with Gasteiger partial charge in [-0.3, -0.25) is 4.57 Å². The van der Waals surface area contributed by atoms with Crippen LogP contribution < -0.4 is 10.4 Å². The first kappa shape index (κ1) is 31.7. The van der Waals surface area contributed by atoms with Crippen molar-refractivity contribution in [2.75, 3.05) is 6.61 Å². The highest BCUT2D eigenvalue weighted by Crippen LogP contribution is 2.25. The van der Waals surface area contributed by atoms with Gasteiger partial charge in [0.2, 0.25) is 5.60 Å². The summed E-state index contributed by atoms with van der Waals surface area (Å²) in [7, 11) is 1.77. The van der Waals surface area contributed by atoms with E-state index in [-0.39, 0.29) is 29.9 Å². The Morgan fingerprint density at radius 3 is 2.07 bits per heavy atom. The van der Waals surface area contributed by atoms with Gasteiger partial charge in [0.1, 0.15) is 17.4 Å². The fraction of sp³-hybridized carbons (Fsp3) is 0.400. The first-order valence-electron chi connectivity index (χ1n) is 14.8. The van der Waals surface area contributed by atoms with Gasteiger partial charge in [0.05, 0.1) is 13.2 Å². The highest BCUT2D eigenvalue weighted by molar-refractivity contribution is 5.80. The van der Waals surface area contributed by atoms with Crippen LogP contribution in [0, 0.1) is 5.82 Å². The molecule has 0 aliphatic carbocycles. The Labute approximate surface area is 253 Å². The van der Waals surface area contributed by atoms with E-state index in [9.17, 15) is 14.0 Å². The molecule has 0 saturated carbocycles. The molecule has 0 aliphatic heterocycles. The number of benzene rings is 3. The molecule has 0 fully saturated rings. The molecule has 1 heterocycles. The van der Waals surface area contributed by atoms with Gasteiger partial charge in [0, 0.05) is 19.9 Å². The first-order chi connectivity index (χ1) is 20.4. The second-order valence-corrected chi connectivity index (χ2v) is 12.2. The van der Waals surface area contributed by atoms with E-state index in [0.717, 1.165) is 35.4 Å². The van der Waals surface area contributed by atoms with Crippen molar-refractivity contribution in [2.45, 2.75) is 77.9 Å². The lowest BCUT2D eigenvalue weighted by Crippen LogP contribution is -2.45. The Morgan fingerprint density at radius 1 is 0.860 bits per heavy atom. The highest BCUT2D eigenvalue weighted by atomic mass is 19.1. The van der Waals surface area contributed by atoms with Crippen LogP contribution in [0.5, 0.6) is 5.75 Å². The van der Waals surface area contributed by atoms with Crippen LogP contribution in [0.4, 0.5) is 4.39 Å². The summed E-state index contributed by atoms with van der Waals surface area (Å²) in [5.41, 5.74) is 2.85. The van der Waals surface area contributed by atoms with Gasteiger partial charge in [-0.1, -0.05) is 69.3 Å². The fourth-order valence-corrected chi connectivity index (χ4v) is 5.00. The molecular weight excluding hydrogens is 545 g/mol. The van der Waals surface area contributed by atoms with Crippen molar-refractivity contribution in [1.82, 2.24) is 14.3 Å². The predicted molar refractivity (Wildman–Crippen MR) is 166 cm³/mol. The molecule has 43 heavy (non-hydrogen) atoms. The van der Waals surface area contributed by atoms with Crippen molar-refractivity contribution in [2.24, 2.45) is 7.05 Å². The smallest absolute Gasteiger partial charge is 0.350 e. The van der Waals surface area contributed by atoms with E-state index >= 15 is 0 Å². The summed E-state index contributed by atoms with van der Waals surface area (Å²) in [6, 6.07) is 22.0. The monoisotopic (exact) mass is 587 g/mol. The number of esters is 1. The molecule has 228 valence electrons. The quantitative estimate of drug-likeness (QED) is 0.185. The van der Waals surface area contributed by atoms with Gasteiger partial charge in [-0.25, -0.2) is 18.7 Å². The zero-order valence-corrected chi connectivity index (χ0v) is 26.0. The third-order valence-corrected chi connectivity index (χ3v) is 7.58. The standard InChI is InChI=1S/C35H42FN3O4/c1-7-42-32(40)35(5,23-26-13-19-29(36)20-14-26)43-30-21-15-25(16-22-30)9-8-10-31-37-39(33(41)38(31)6)24-27-11-17-28(18-12-27)34(2,3)4/h11-22H,7-10,23-24H2,1-6H3.